The summed E-state index contributed by atoms with van der Waals surface area (Å²) in [6.07, 6.45) is 0. The van der Waals surface area contributed by atoms with E-state index in [2.05, 4.69) is 4.72 Å². The van der Waals surface area contributed by atoms with Gasteiger partial charge in [0.15, 0.2) is 0 Å². The molecule has 21 heavy (non-hydrogen) atoms. The molecule has 0 heterocycles. The van der Waals surface area contributed by atoms with E-state index in [0.29, 0.717) is 5.56 Å². The number of hydrogen-bond acceptors (Lipinski definition) is 3. The number of benzene rings is 2. The average molecular weight is 308 g/mol. The van der Waals surface area contributed by atoms with Crippen molar-refractivity contribution in [2.75, 3.05) is 0 Å². The second kappa shape index (κ2) is 6.02. The molecule has 2 aromatic carbocycles. The fourth-order valence-corrected chi connectivity index (χ4v) is 2.68. The molecule has 0 aliphatic heterocycles. The molecule has 2 aromatic rings. The lowest BCUT2D eigenvalue weighted by molar-refractivity contribution is 0.1000. The number of rotatable bonds is 5. The van der Waals surface area contributed by atoms with E-state index in [0.717, 1.165) is 0 Å². The van der Waals surface area contributed by atoms with E-state index in [1.165, 1.54) is 48.5 Å². The number of primary amides is 1. The molecular weight excluding hydrogens is 295 g/mol. The van der Waals surface area contributed by atoms with Gasteiger partial charge in [0.05, 0.1) is 4.90 Å². The number of sulfonamides is 1. The van der Waals surface area contributed by atoms with Crippen LogP contribution in [0.5, 0.6) is 0 Å². The van der Waals surface area contributed by atoms with Crippen molar-refractivity contribution in [3.63, 3.8) is 0 Å². The molecule has 0 atom stereocenters. The summed E-state index contributed by atoms with van der Waals surface area (Å²) >= 11 is 0. The van der Waals surface area contributed by atoms with Crippen LogP contribution >= 0.6 is 0 Å². The lowest BCUT2D eigenvalue weighted by Crippen LogP contribution is -2.23. The molecular formula is C14H13FN2O3S. The molecule has 0 radical (unpaired) electrons. The topological polar surface area (TPSA) is 89.3 Å². The maximum absolute atomic E-state index is 12.8. The first-order valence-electron chi connectivity index (χ1n) is 6.02. The Balaban J connectivity index is 2.11. The number of nitrogens with one attached hydrogen (secondary N) is 1. The molecule has 0 bridgehead atoms. The summed E-state index contributed by atoms with van der Waals surface area (Å²) < 4.78 is 39.3. The maximum atomic E-state index is 12.8. The van der Waals surface area contributed by atoms with E-state index >= 15 is 0 Å². The monoisotopic (exact) mass is 308 g/mol. The molecule has 3 N–H and O–H groups in total. The van der Waals surface area contributed by atoms with Gasteiger partial charge in [0.1, 0.15) is 5.82 Å². The average Bonchev–Trinajstić information content (AvgIpc) is 2.47. The SMILES string of the molecule is NC(=O)c1ccc(S(=O)(=O)NCc2ccc(F)cc2)cc1. The third-order valence-corrected chi connectivity index (χ3v) is 4.25. The van der Waals surface area contributed by atoms with E-state index in [-0.39, 0.29) is 22.8 Å². The molecule has 5 nitrogen and oxygen atoms in total. The Kier molecular flexibility index (Phi) is 4.35. The number of hydrogen-bond donors (Lipinski definition) is 2. The van der Waals surface area contributed by atoms with Crippen molar-refractivity contribution < 1.29 is 17.6 Å². The van der Waals surface area contributed by atoms with E-state index in [1.54, 1.807) is 0 Å². The van der Waals surface area contributed by atoms with Crippen molar-refractivity contribution in [3.05, 3.63) is 65.5 Å². The molecule has 0 aromatic heterocycles. The first kappa shape index (κ1) is 15.1. The Hall–Kier alpha value is -2.25. The number of nitrogens with two attached hydrogens (primary N) is 1. The zero-order chi connectivity index (χ0) is 15.5. The van der Waals surface area contributed by atoms with Gasteiger partial charge >= 0.3 is 0 Å². The number of halogens is 1. The van der Waals surface area contributed by atoms with Gasteiger partial charge in [0.25, 0.3) is 0 Å². The van der Waals surface area contributed by atoms with Gasteiger partial charge in [-0.15, -0.1) is 0 Å². The van der Waals surface area contributed by atoms with Crippen LogP contribution in [0, 0.1) is 5.82 Å². The van der Waals surface area contributed by atoms with Gasteiger partial charge in [0, 0.05) is 12.1 Å². The highest BCUT2D eigenvalue weighted by atomic mass is 32.2. The highest BCUT2D eigenvalue weighted by Gasteiger charge is 2.14. The van der Waals surface area contributed by atoms with Crippen molar-refractivity contribution in [2.24, 2.45) is 5.73 Å². The van der Waals surface area contributed by atoms with Crippen LogP contribution in [0.25, 0.3) is 0 Å². The number of amides is 1. The Morgan fingerprint density at radius 1 is 1.05 bits per heavy atom. The van der Waals surface area contributed by atoms with Crippen LogP contribution in [0.3, 0.4) is 0 Å². The second-order valence-corrected chi connectivity index (χ2v) is 6.11. The quantitative estimate of drug-likeness (QED) is 0.875. The van der Waals surface area contributed by atoms with Crippen molar-refractivity contribution in [2.45, 2.75) is 11.4 Å². The molecule has 0 spiro atoms. The zero-order valence-corrected chi connectivity index (χ0v) is 11.7. The predicted octanol–water partition coefficient (Wildman–Crippen LogP) is 1.40. The van der Waals surface area contributed by atoms with Crippen LogP contribution in [0.1, 0.15) is 15.9 Å². The molecule has 0 fully saturated rings. The van der Waals surface area contributed by atoms with Crippen molar-refractivity contribution in [1.29, 1.82) is 0 Å². The Morgan fingerprint density at radius 3 is 2.14 bits per heavy atom. The summed E-state index contributed by atoms with van der Waals surface area (Å²) in [5.41, 5.74) is 5.95. The summed E-state index contributed by atoms with van der Waals surface area (Å²) in [4.78, 5) is 10.9. The fourth-order valence-electron chi connectivity index (χ4n) is 1.66. The van der Waals surface area contributed by atoms with Crippen LogP contribution in [0.4, 0.5) is 4.39 Å². The summed E-state index contributed by atoms with van der Waals surface area (Å²) in [5, 5.41) is 0. The minimum atomic E-state index is -3.71. The van der Waals surface area contributed by atoms with Gasteiger partial charge in [-0.05, 0) is 42.0 Å². The Labute approximate surface area is 121 Å². The smallest absolute Gasteiger partial charge is 0.248 e. The van der Waals surface area contributed by atoms with Gasteiger partial charge < -0.3 is 5.73 Å². The van der Waals surface area contributed by atoms with Gasteiger partial charge in [0.2, 0.25) is 15.9 Å². The minimum absolute atomic E-state index is 0.0228. The molecule has 0 aliphatic rings. The summed E-state index contributed by atoms with van der Waals surface area (Å²) in [6.45, 7) is 0.0418. The predicted molar refractivity (Wildman–Crippen MR) is 75.4 cm³/mol. The van der Waals surface area contributed by atoms with Gasteiger partial charge in [-0.25, -0.2) is 17.5 Å². The molecule has 0 unspecified atom stereocenters. The molecule has 110 valence electrons. The Morgan fingerprint density at radius 2 is 1.62 bits per heavy atom. The molecule has 0 saturated carbocycles. The molecule has 0 aliphatic carbocycles. The summed E-state index contributed by atoms with van der Waals surface area (Å²) in [7, 11) is -3.71. The van der Waals surface area contributed by atoms with Gasteiger partial charge in [-0.1, -0.05) is 12.1 Å². The van der Waals surface area contributed by atoms with Crippen LogP contribution in [0.2, 0.25) is 0 Å². The fraction of sp³-hybridized carbons (Fsp3) is 0.0714. The third kappa shape index (κ3) is 3.87. The molecule has 0 saturated heterocycles. The van der Waals surface area contributed by atoms with Crippen LogP contribution in [-0.4, -0.2) is 14.3 Å². The normalized spacial score (nSPS) is 11.3. The first-order valence-corrected chi connectivity index (χ1v) is 7.51. The van der Waals surface area contributed by atoms with Crippen LogP contribution in [-0.2, 0) is 16.6 Å². The van der Waals surface area contributed by atoms with Gasteiger partial charge in [-0.2, -0.15) is 0 Å². The summed E-state index contributed by atoms with van der Waals surface area (Å²) in [5.74, 6) is -1.01. The van der Waals surface area contributed by atoms with E-state index in [4.69, 9.17) is 5.73 Å². The Bertz CT molecular complexity index is 741. The van der Waals surface area contributed by atoms with Crippen molar-refractivity contribution in [3.8, 4) is 0 Å². The highest BCUT2D eigenvalue weighted by Crippen LogP contribution is 2.11. The van der Waals surface area contributed by atoms with E-state index in [9.17, 15) is 17.6 Å². The van der Waals surface area contributed by atoms with Crippen molar-refractivity contribution in [1.82, 2.24) is 4.72 Å². The molecule has 2 rings (SSSR count). The maximum Gasteiger partial charge on any atom is 0.248 e. The molecule has 1 amide bonds. The number of carbonyl (C=O) groups is 1. The number of carbonyl (C=O) groups excluding carboxylic acids is 1. The summed E-state index contributed by atoms with van der Waals surface area (Å²) in [6, 6.07) is 10.8. The largest absolute Gasteiger partial charge is 0.366 e. The molecule has 7 heteroatoms. The lowest BCUT2D eigenvalue weighted by Gasteiger charge is -2.07. The second-order valence-electron chi connectivity index (χ2n) is 4.34. The highest BCUT2D eigenvalue weighted by molar-refractivity contribution is 7.89. The van der Waals surface area contributed by atoms with E-state index in [1.807, 2.05) is 0 Å². The lowest BCUT2D eigenvalue weighted by atomic mass is 10.2. The van der Waals surface area contributed by atoms with Crippen LogP contribution < -0.4 is 10.5 Å². The standard InChI is InChI=1S/C14H13FN2O3S/c15-12-5-1-10(2-6-12)9-17-21(19,20)13-7-3-11(4-8-13)14(16)18/h1-8,17H,9H2,(H2,16,18). The van der Waals surface area contributed by atoms with Crippen LogP contribution in [0.15, 0.2) is 53.4 Å². The first-order chi connectivity index (χ1) is 9.88. The van der Waals surface area contributed by atoms with E-state index < -0.39 is 15.9 Å². The van der Waals surface area contributed by atoms with Crippen molar-refractivity contribution >= 4 is 15.9 Å². The third-order valence-electron chi connectivity index (χ3n) is 2.83. The minimum Gasteiger partial charge on any atom is -0.366 e. The van der Waals surface area contributed by atoms with Gasteiger partial charge in [-0.3, -0.25) is 4.79 Å². The zero-order valence-electron chi connectivity index (χ0n) is 10.9.